The van der Waals surface area contributed by atoms with Gasteiger partial charge in [0.2, 0.25) is 0 Å². The van der Waals surface area contributed by atoms with Gasteiger partial charge < -0.3 is 15.8 Å². The number of nitrogens with two attached hydrogens (primary N) is 1. The summed E-state index contributed by atoms with van der Waals surface area (Å²) in [5.41, 5.74) is 7.18. The third-order valence-corrected chi connectivity index (χ3v) is 3.65. The lowest BCUT2D eigenvalue weighted by atomic mass is 9.82. The molecule has 19 heavy (non-hydrogen) atoms. The Morgan fingerprint density at radius 3 is 2.74 bits per heavy atom. The number of ether oxygens (including phenoxy) is 1. The van der Waals surface area contributed by atoms with Crippen LogP contribution in [0.25, 0.3) is 0 Å². The van der Waals surface area contributed by atoms with Gasteiger partial charge in [-0.25, -0.2) is 0 Å². The number of nitro benzene ring substituents is 1. The lowest BCUT2D eigenvalue weighted by Crippen LogP contribution is -2.33. The summed E-state index contributed by atoms with van der Waals surface area (Å²) in [7, 11) is 0. The minimum absolute atomic E-state index is 0.0142. The highest BCUT2D eigenvalue weighted by Crippen LogP contribution is 2.31. The zero-order valence-corrected chi connectivity index (χ0v) is 11.0. The molecular weight excluding hydrogens is 246 g/mol. The molecule has 1 aliphatic rings. The van der Waals surface area contributed by atoms with Gasteiger partial charge in [0.1, 0.15) is 0 Å². The standard InChI is InChI=1S/C13H19N3O3/c1-13(4-6-19-7-5-13)9-15-12-3-2-10(16(17)18)8-11(12)14/h2-3,8,15H,4-7,9,14H2,1H3. The topological polar surface area (TPSA) is 90.4 Å². The van der Waals surface area contributed by atoms with Crippen LogP contribution in [0.1, 0.15) is 19.8 Å². The average Bonchev–Trinajstić information content (AvgIpc) is 2.38. The van der Waals surface area contributed by atoms with Crippen molar-refractivity contribution < 1.29 is 9.66 Å². The number of nitrogens with one attached hydrogen (secondary N) is 1. The molecule has 0 saturated carbocycles. The maximum Gasteiger partial charge on any atom is 0.271 e. The molecule has 1 fully saturated rings. The van der Waals surface area contributed by atoms with Gasteiger partial charge in [-0.1, -0.05) is 6.92 Å². The van der Waals surface area contributed by atoms with Gasteiger partial charge in [-0.3, -0.25) is 10.1 Å². The Balaban J connectivity index is 2.01. The zero-order chi connectivity index (χ0) is 13.9. The summed E-state index contributed by atoms with van der Waals surface area (Å²) in [5.74, 6) is 0. The van der Waals surface area contributed by atoms with E-state index >= 15 is 0 Å². The molecule has 0 amide bonds. The third kappa shape index (κ3) is 3.35. The molecule has 0 bridgehead atoms. The van der Waals surface area contributed by atoms with Crippen LogP contribution in [0.4, 0.5) is 17.1 Å². The number of nitrogen functional groups attached to an aromatic ring is 1. The van der Waals surface area contributed by atoms with Gasteiger partial charge in [0.15, 0.2) is 0 Å². The van der Waals surface area contributed by atoms with Crippen molar-refractivity contribution in [1.29, 1.82) is 0 Å². The van der Waals surface area contributed by atoms with Crippen LogP contribution in [0.2, 0.25) is 0 Å². The van der Waals surface area contributed by atoms with Crippen molar-refractivity contribution in [2.24, 2.45) is 5.41 Å². The van der Waals surface area contributed by atoms with E-state index in [2.05, 4.69) is 12.2 Å². The van der Waals surface area contributed by atoms with Crippen molar-refractivity contribution in [3.05, 3.63) is 28.3 Å². The van der Waals surface area contributed by atoms with E-state index in [0.29, 0.717) is 5.69 Å². The molecule has 104 valence electrons. The van der Waals surface area contributed by atoms with Crippen LogP contribution in [-0.2, 0) is 4.74 Å². The number of anilines is 2. The quantitative estimate of drug-likeness (QED) is 0.495. The number of nitrogens with zero attached hydrogens (tertiary/aromatic N) is 1. The van der Waals surface area contributed by atoms with Crippen LogP contribution >= 0.6 is 0 Å². The van der Waals surface area contributed by atoms with Gasteiger partial charge in [-0.15, -0.1) is 0 Å². The molecular formula is C13H19N3O3. The Labute approximate surface area is 112 Å². The van der Waals surface area contributed by atoms with E-state index in [9.17, 15) is 10.1 Å². The van der Waals surface area contributed by atoms with Gasteiger partial charge >= 0.3 is 0 Å². The fraction of sp³-hybridized carbons (Fsp3) is 0.538. The molecule has 1 aromatic rings. The predicted octanol–water partition coefficient (Wildman–Crippen LogP) is 2.41. The first-order valence-electron chi connectivity index (χ1n) is 6.36. The summed E-state index contributed by atoms with van der Waals surface area (Å²) in [6, 6.07) is 4.51. The predicted molar refractivity (Wildman–Crippen MR) is 74.2 cm³/mol. The van der Waals surface area contributed by atoms with Gasteiger partial charge in [0.25, 0.3) is 5.69 Å². The molecule has 3 N–H and O–H groups in total. The molecule has 0 aromatic heterocycles. The van der Waals surface area contributed by atoms with Crippen LogP contribution in [0.15, 0.2) is 18.2 Å². The number of hydrogen-bond donors (Lipinski definition) is 2. The Morgan fingerprint density at radius 1 is 1.47 bits per heavy atom. The highest BCUT2D eigenvalue weighted by atomic mass is 16.6. The largest absolute Gasteiger partial charge is 0.397 e. The van der Waals surface area contributed by atoms with E-state index < -0.39 is 4.92 Å². The van der Waals surface area contributed by atoms with E-state index in [1.54, 1.807) is 6.07 Å². The van der Waals surface area contributed by atoms with E-state index in [4.69, 9.17) is 10.5 Å². The smallest absolute Gasteiger partial charge is 0.271 e. The zero-order valence-electron chi connectivity index (χ0n) is 11.0. The molecule has 1 heterocycles. The van der Waals surface area contributed by atoms with Gasteiger partial charge in [0, 0.05) is 31.9 Å². The van der Waals surface area contributed by atoms with Crippen molar-refractivity contribution in [1.82, 2.24) is 0 Å². The molecule has 0 unspecified atom stereocenters. The van der Waals surface area contributed by atoms with Crippen molar-refractivity contribution in [2.45, 2.75) is 19.8 Å². The highest BCUT2D eigenvalue weighted by molar-refractivity contribution is 5.69. The summed E-state index contributed by atoms with van der Waals surface area (Å²) in [6.45, 7) is 4.57. The number of benzene rings is 1. The monoisotopic (exact) mass is 265 g/mol. The number of hydrogen-bond acceptors (Lipinski definition) is 5. The molecule has 0 atom stereocenters. The second-order valence-electron chi connectivity index (χ2n) is 5.31. The number of nitro groups is 1. The first-order chi connectivity index (χ1) is 9.00. The Hall–Kier alpha value is -1.82. The van der Waals surface area contributed by atoms with E-state index in [1.807, 2.05) is 0 Å². The van der Waals surface area contributed by atoms with E-state index in [1.165, 1.54) is 12.1 Å². The molecule has 1 saturated heterocycles. The summed E-state index contributed by atoms with van der Waals surface area (Å²) in [6.07, 6.45) is 2.01. The molecule has 0 aliphatic carbocycles. The van der Waals surface area contributed by atoms with Crippen LogP contribution in [0.5, 0.6) is 0 Å². The maximum atomic E-state index is 10.6. The average molecular weight is 265 g/mol. The first kappa shape index (κ1) is 13.6. The second kappa shape index (κ2) is 5.44. The summed E-state index contributed by atoms with van der Waals surface area (Å²) in [4.78, 5) is 10.2. The van der Waals surface area contributed by atoms with Crippen molar-refractivity contribution in [3.63, 3.8) is 0 Å². The van der Waals surface area contributed by atoms with Crippen LogP contribution < -0.4 is 11.1 Å². The fourth-order valence-electron chi connectivity index (χ4n) is 2.17. The van der Waals surface area contributed by atoms with Crippen molar-refractivity contribution in [3.8, 4) is 0 Å². The SMILES string of the molecule is CC1(CNc2ccc([N+](=O)[O-])cc2N)CCOCC1. The number of rotatable bonds is 4. The van der Waals surface area contributed by atoms with Crippen LogP contribution in [0, 0.1) is 15.5 Å². The fourth-order valence-corrected chi connectivity index (χ4v) is 2.17. The van der Waals surface area contributed by atoms with E-state index in [0.717, 1.165) is 38.3 Å². The third-order valence-electron chi connectivity index (χ3n) is 3.65. The summed E-state index contributed by atoms with van der Waals surface area (Å²) < 4.78 is 5.36. The molecule has 1 aliphatic heterocycles. The molecule has 0 spiro atoms. The highest BCUT2D eigenvalue weighted by Gasteiger charge is 2.27. The summed E-state index contributed by atoms with van der Waals surface area (Å²) >= 11 is 0. The first-order valence-corrected chi connectivity index (χ1v) is 6.36. The second-order valence-corrected chi connectivity index (χ2v) is 5.31. The minimum atomic E-state index is -0.445. The molecule has 0 radical (unpaired) electrons. The lowest BCUT2D eigenvalue weighted by molar-refractivity contribution is -0.384. The van der Waals surface area contributed by atoms with Gasteiger partial charge in [-0.2, -0.15) is 0 Å². The molecule has 6 heteroatoms. The Kier molecular flexibility index (Phi) is 3.90. The number of non-ortho nitro benzene ring substituents is 1. The Morgan fingerprint density at radius 2 is 2.16 bits per heavy atom. The molecule has 2 rings (SSSR count). The Bertz CT molecular complexity index is 470. The van der Waals surface area contributed by atoms with Crippen LogP contribution in [-0.4, -0.2) is 24.7 Å². The normalized spacial score (nSPS) is 17.9. The van der Waals surface area contributed by atoms with Gasteiger partial charge in [0.05, 0.1) is 16.3 Å². The minimum Gasteiger partial charge on any atom is -0.397 e. The van der Waals surface area contributed by atoms with Crippen molar-refractivity contribution >= 4 is 17.1 Å². The molecule has 1 aromatic carbocycles. The maximum absolute atomic E-state index is 10.6. The lowest BCUT2D eigenvalue weighted by Gasteiger charge is -2.34. The van der Waals surface area contributed by atoms with Crippen molar-refractivity contribution in [2.75, 3.05) is 30.8 Å². The van der Waals surface area contributed by atoms with E-state index in [-0.39, 0.29) is 11.1 Å². The van der Waals surface area contributed by atoms with Gasteiger partial charge in [-0.05, 0) is 24.3 Å². The van der Waals surface area contributed by atoms with Crippen LogP contribution in [0.3, 0.4) is 0 Å². The molecule has 6 nitrogen and oxygen atoms in total. The summed E-state index contributed by atoms with van der Waals surface area (Å²) in [5, 5.41) is 13.9.